The number of nitrogens with two attached hydrogens (primary N) is 1. The van der Waals surface area contributed by atoms with Gasteiger partial charge in [0.05, 0.1) is 4.99 Å². The van der Waals surface area contributed by atoms with Gasteiger partial charge < -0.3 is 10.8 Å². The van der Waals surface area contributed by atoms with E-state index < -0.39 is 12.0 Å². The van der Waals surface area contributed by atoms with Crippen LogP contribution in [0.2, 0.25) is 0 Å². The maximum Gasteiger partial charge on any atom is 0.320 e. The average molecular weight is 232 g/mol. The van der Waals surface area contributed by atoms with Gasteiger partial charge in [0.25, 0.3) is 0 Å². The van der Waals surface area contributed by atoms with Crippen molar-refractivity contribution in [3.8, 4) is 0 Å². The van der Waals surface area contributed by atoms with Crippen molar-refractivity contribution in [2.45, 2.75) is 39.2 Å². The van der Waals surface area contributed by atoms with Crippen LogP contribution in [0.5, 0.6) is 0 Å². The third kappa shape index (κ3) is 5.69. The highest BCUT2D eigenvalue weighted by Gasteiger charge is 2.22. The van der Waals surface area contributed by atoms with Crippen molar-refractivity contribution >= 4 is 23.2 Å². The number of thiocarbonyl (C=S) groups is 1. The van der Waals surface area contributed by atoms with E-state index in [4.69, 9.17) is 23.1 Å². The summed E-state index contributed by atoms with van der Waals surface area (Å²) in [5, 5.41) is 9.07. The first-order chi connectivity index (χ1) is 7.02. The Morgan fingerprint density at radius 2 is 2.13 bits per heavy atom. The van der Waals surface area contributed by atoms with E-state index in [-0.39, 0.29) is 0 Å². The Balaban J connectivity index is 4.30. The Morgan fingerprint density at radius 3 is 2.47 bits per heavy atom. The van der Waals surface area contributed by atoms with Crippen molar-refractivity contribution in [1.29, 1.82) is 0 Å². The Bertz CT molecular complexity index is 221. The SMILES string of the molecule is CCCC(C(=O)O)N(CC)CCC(N)=S. The van der Waals surface area contributed by atoms with Crippen LogP contribution in [0.3, 0.4) is 0 Å². The van der Waals surface area contributed by atoms with Gasteiger partial charge in [-0.25, -0.2) is 0 Å². The second-order valence-electron chi connectivity index (χ2n) is 3.49. The molecule has 0 fully saturated rings. The van der Waals surface area contributed by atoms with Crippen molar-refractivity contribution in [2.24, 2.45) is 5.73 Å². The van der Waals surface area contributed by atoms with Crippen LogP contribution in [0.25, 0.3) is 0 Å². The van der Waals surface area contributed by atoms with E-state index in [2.05, 4.69) is 0 Å². The molecular weight excluding hydrogens is 212 g/mol. The van der Waals surface area contributed by atoms with Crippen LogP contribution >= 0.6 is 12.2 Å². The predicted octanol–water partition coefficient (Wildman–Crippen LogP) is 1.24. The van der Waals surface area contributed by atoms with Crippen molar-refractivity contribution in [3.05, 3.63) is 0 Å². The molecule has 0 amide bonds. The van der Waals surface area contributed by atoms with Gasteiger partial charge in [-0.05, 0) is 13.0 Å². The molecule has 5 heteroatoms. The number of hydrogen-bond acceptors (Lipinski definition) is 3. The summed E-state index contributed by atoms with van der Waals surface area (Å²) in [5.41, 5.74) is 5.40. The molecule has 88 valence electrons. The highest BCUT2D eigenvalue weighted by atomic mass is 32.1. The van der Waals surface area contributed by atoms with E-state index in [1.807, 2.05) is 18.7 Å². The number of carboxylic acids is 1. The lowest BCUT2D eigenvalue weighted by Gasteiger charge is -2.27. The third-order valence-electron chi connectivity index (χ3n) is 2.34. The molecular formula is C10H20N2O2S. The number of nitrogens with zero attached hydrogens (tertiary/aromatic N) is 1. The van der Waals surface area contributed by atoms with Gasteiger partial charge in [-0.15, -0.1) is 0 Å². The lowest BCUT2D eigenvalue weighted by molar-refractivity contribution is -0.143. The molecule has 3 N–H and O–H groups in total. The molecule has 0 spiro atoms. The molecule has 15 heavy (non-hydrogen) atoms. The summed E-state index contributed by atoms with van der Waals surface area (Å²) in [6, 6.07) is -0.408. The topological polar surface area (TPSA) is 66.6 Å². The number of aliphatic carboxylic acids is 1. The second-order valence-corrected chi connectivity index (χ2v) is 4.01. The zero-order valence-electron chi connectivity index (χ0n) is 9.40. The van der Waals surface area contributed by atoms with Gasteiger partial charge in [-0.1, -0.05) is 32.5 Å². The van der Waals surface area contributed by atoms with Gasteiger partial charge in [0.1, 0.15) is 6.04 Å². The molecule has 0 aliphatic carbocycles. The Hall–Kier alpha value is -0.680. The molecule has 1 atom stereocenters. The molecule has 1 unspecified atom stereocenters. The first-order valence-corrected chi connectivity index (χ1v) is 5.68. The molecule has 0 saturated carbocycles. The first kappa shape index (κ1) is 14.3. The molecule has 0 saturated heterocycles. The lowest BCUT2D eigenvalue weighted by atomic mass is 10.1. The smallest absolute Gasteiger partial charge is 0.320 e. The molecule has 0 heterocycles. The molecule has 0 radical (unpaired) electrons. The molecule has 0 bridgehead atoms. The summed E-state index contributed by atoms with van der Waals surface area (Å²) in [7, 11) is 0. The Morgan fingerprint density at radius 1 is 1.53 bits per heavy atom. The fourth-order valence-corrected chi connectivity index (χ4v) is 1.62. The van der Waals surface area contributed by atoms with Crippen molar-refractivity contribution in [1.82, 2.24) is 4.90 Å². The van der Waals surface area contributed by atoms with Crippen LogP contribution in [0.4, 0.5) is 0 Å². The van der Waals surface area contributed by atoms with Crippen LogP contribution in [-0.4, -0.2) is 40.1 Å². The molecule has 0 aliphatic heterocycles. The predicted molar refractivity (Wildman–Crippen MR) is 65.0 cm³/mol. The summed E-state index contributed by atoms with van der Waals surface area (Å²) >= 11 is 4.78. The van der Waals surface area contributed by atoms with Gasteiger partial charge in [0, 0.05) is 13.0 Å². The normalized spacial score (nSPS) is 12.7. The third-order valence-corrected chi connectivity index (χ3v) is 2.54. The highest BCUT2D eigenvalue weighted by Crippen LogP contribution is 2.08. The summed E-state index contributed by atoms with van der Waals surface area (Å²) in [4.78, 5) is 13.4. The van der Waals surface area contributed by atoms with Gasteiger partial charge in [-0.3, -0.25) is 9.69 Å². The van der Waals surface area contributed by atoms with Crippen LogP contribution in [0.1, 0.15) is 33.1 Å². The van der Waals surface area contributed by atoms with E-state index in [0.29, 0.717) is 30.9 Å². The van der Waals surface area contributed by atoms with Crippen LogP contribution < -0.4 is 5.73 Å². The van der Waals surface area contributed by atoms with Crippen LogP contribution in [0.15, 0.2) is 0 Å². The molecule has 4 nitrogen and oxygen atoms in total. The van der Waals surface area contributed by atoms with E-state index >= 15 is 0 Å². The minimum Gasteiger partial charge on any atom is -0.480 e. The molecule has 0 aromatic heterocycles. The maximum atomic E-state index is 11.0. The van der Waals surface area contributed by atoms with Gasteiger partial charge in [0.2, 0.25) is 0 Å². The fraction of sp³-hybridized carbons (Fsp3) is 0.800. The average Bonchev–Trinajstić information content (AvgIpc) is 2.16. The first-order valence-electron chi connectivity index (χ1n) is 5.28. The largest absolute Gasteiger partial charge is 0.480 e. The van der Waals surface area contributed by atoms with E-state index in [1.54, 1.807) is 0 Å². The molecule has 0 aromatic rings. The second kappa shape index (κ2) is 7.59. The monoisotopic (exact) mass is 232 g/mol. The zero-order chi connectivity index (χ0) is 11.8. The quantitative estimate of drug-likeness (QED) is 0.616. The van der Waals surface area contributed by atoms with E-state index in [1.165, 1.54) is 0 Å². The summed E-state index contributed by atoms with van der Waals surface area (Å²) < 4.78 is 0. The minimum absolute atomic E-state index is 0.408. The zero-order valence-corrected chi connectivity index (χ0v) is 10.2. The molecule has 0 rings (SSSR count). The summed E-state index contributed by atoms with van der Waals surface area (Å²) in [6.45, 7) is 5.27. The number of carboxylic acid groups (broad SMARTS) is 1. The highest BCUT2D eigenvalue weighted by molar-refractivity contribution is 7.80. The maximum absolute atomic E-state index is 11.0. The van der Waals surface area contributed by atoms with Crippen LogP contribution in [-0.2, 0) is 4.79 Å². The number of likely N-dealkylation sites (N-methyl/N-ethyl adjacent to an activating group) is 1. The summed E-state index contributed by atoms with van der Waals surface area (Å²) in [5.74, 6) is -0.762. The standard InChI is InChI=1S/C10H20N2O2S/c1-3-5-8(10(13)14)12(4-2)7-6-9(11)15/h8H,3-7H2,1-2H3,(H2,11,15)(H,13,14). The Kier molecular flexibility index (Phi) is 7.25. The van der Waals surface area contributed by atoms with Crippen molar-refractivity contribution in [3.63, 3.8) is 0 Å². The van der Waals surface area contributed by atoms with Crippen LogP contribution in [0, 0.1) is 0 Å². The van der Waals surface area contributed by atoms with E-state index in [0.717, 1.165) is 6.42 Å². The van der Waals surface area contributed by atoms with Crippen molar-refractivity contribution in [2.75, 3.05) is 13.1 Å². The molecule has 0 aromatic carbocycles. The Labute approximate surface area is 96.4 Å². The fourth-order valence-electron chi connectivity index (χ4n) is 1.52. The molecule has 0 aliphatic rings. The number of rotatable bonds is 8. The van der Waals surface area contributed by atoms with Crippen molar-refractivity contribution < 1.29 is 9.90 Å². The number of carbonyl (C=O) groups is 1. The van der Waals surface area contributed by atoms with Gasteiger partial charge in [-0.2, -0.15) is 0 Å². The van der Waals surface area contributed by atoms with Gasteiger partial charge >= 0.3 is 5.97 Å². The van der Waals surface area contributed by atoms with Gasteiger partial charge in [0.15, 0.2) is 0 Å². The number of hydrogen-bond donors (Lipinski definition) is 2. The lowest BCUT2D eigenvalue weighted by Crippen LogP contribution is -2.42. The summed E-state index contributed by atoms with van der Waals surface area (Å²) in [6.07, 6.45) is 2.11. The van der Waals surface area contributed by atoms with E-state index in [9.17, 15) is 4.79 Å². The minimum atomic E-state index is -0.762.